The second-order valence-electron chi connectivity index (χ2n) is 15.7. The summed E-state index contributed by atoms with van der Waals surface area (Å²) in [6.45, 7) is 8.29. The molecule has 0 heterocycles. The SMILES string of the molecule is CCCCCCCCCCCCCCCCCCOC(=O)CCN(CCCOC)CCC(=O)OCCCCCCCCCCCCCCCCCC. The molecule has 0 aromatic carbocycles. The van der Waals surface area contributed by atoms with Crippen molar-refractivity contribution in [3.8, 4) is 0 Å². The number of esters is 2. The maximum absolute atomic E-state index is 12.4. The summed E-state index contributed by atoms with van der Waals surface area (Å²) >= 11 is 0. The van der Waals surface area contributed by atoms with Gasteiger partial charge in [0.15, 0.2) is 0 Å². The van der Waals surface area contributed by atoms with E-state index < -0.39 is 0 Å². The Morgan fingerprint density at radius 3 is 0.885 bits per heavy atom. The van der Waals surface area contributed by atoms with Crippen LogP contribution < -0.4 is 0 Å². The van der Waals surface area contributed by atoms with Gasteiger partial charge in [-0.15, -0.1) is 0 Å². The van der Waals surface area contributed by atoms with Gasteiger partial charge in [0.25, 0.3) is 0 Å². The molecule has 0 atom stereocenters. The molecule has 0 aromatic heterocycles. The molecule has 0 amide bonds. The van der Waals surface area contributed by atoms with E-state index in [9.17, 15) is 9.59 Å². The lowest BCUT2D eigenvalue weighted by Gasteiger charge is -2.21. The minimum atomic E-state index is -0.135. The fourth-order valence-electron chi connectivity index (χ4n) is 7.08. The second kappa shape index (κ2) is 44.3. The predicted octanol–water partition coefficient (Wildman–Crippen LogP) is 13.7. The molecule has 0 rings (SSSR count). The van der Waals surface area contributed by atoms with Gasteiger partial charge in [-0.1, -0.05) is 206 Å². The van der Waals surface area contributed by atoms with Crippen LogP contribution in [0.1, 0.15) is 239 Å². The molecule has 0 aliphatic carbocycles. The molecule has 6 heteroatoms. The first-order valence-corrected chi connectivity index (χ1v) is 23.2. The van der Waals surface area contributed by atoms with Crippen molar-refractivity contribution in [2.75, 3.05) is 46.6 Å². The Bertz CT molecular complexity index is 663. The van der Waals surface area contributed by atoms with E-state index in [1.54, 1.807) is 7.11 Å². The van der Waals surface area contributed by atoms with E-state index in [0.717, 1.165) is 38.6 Å². The summed E-state index contributed by atoms with van der Waals surface area (Å²) in [5.74, 6) is -0.271. The number of methoxy groups -OCH3 is 1. The molecule has 0 aliphatic rings. The maximum Gasteiger partial charge on any atom is 0.307 e. The lowest BCUT2D eigenvalue weighted by molar-refractivity contribution is -0.144. The molecule has 0 saturated heterocycles. The first kappa shape index (κ1) is 50.9. The first-order valence-electron chi connectivity index (χ1n) is 23.2. The average molecular weight is 738 g/mol. The van der Waals surface area contributed by atoms with Crippen molar-refractivity contribution in [1.82, 2.24) is 4.90 Å². The summed E-state index contributed by atoms with van der Waals surface area (Å²) in [6.07, 6.45) is 44.4. The fraction of sp³-hybridized carbons (Fsp3) is 0.957. The number of ether oxygens (including phenoxy) is 3. The van der Waals surface area contributed by atoms with E-state index in [4.69, 9.17) is 14.2 Å². The van der Waals surface area contributed by atoms with E-state index >= 15 is 0 Å². The van der Waals surface area contributed by atoms with Gasteiger partial charge in [-0.3, -0.25) is 9.59 Å². The summed E-state index contributed by atoms with van der Waals surface area (Å²) in [5, 5.41) is 0. The highest BCUT2D eigenvalue weighted by atomic mass is 16.5. The van der Waals surface area contributed by atoms with Gasteiger partial charge in [0.05, 0.1) is 26.1 Å². The highest BCUT2D eigenvalue weighted by Crippen LogP contribution is 2.15. The largest absolute Gasteiger partial charge is 0.466 e. The number of carbonyl (C=O) groups excluding carboxylic acids is 2. The van der Waals surface area contributed by atoms with Gasteiger partial charge >= 0.3 is 11.9 Å². The predicted molar refractivity (Wildman–Crippen MR) is 223 cm³/mol. The van der Waals surface area contributed by atoms with E-state index in [2.05, 4.69) is 18.7 Å². The Labute approximate surface area is 325 Å². The van der Waals surface area contributed by atoms with Crippen LogP contribution in [0, 0.1) is 0 Å². The number of hydrogen-bond acceptors (Lipinski definition) is 6. The topological polar surface area (TPSA) is 65.1 Å². The van der Waals surface area contributed by atoms with Crippen LogP contribution in [0.4, 0.5) is 0 Å². The average Bonchev–Trinajstić information content (AvgIpc) is 3.15. The molecule has 0 fully saturated rings. The summed E-state index contributed by atoms with van der Waals surface area (Å²) in [7, 11) is 1.70. The normalized spacial score (nSPS) is 11.5. The van der Waals surface area contributed by atoms with Crippen LogP contribution in [0.5, 0.6) is 0 Å². The molecular weight excluding hydrogens is 647 g/mol. The van der Waals surface area contributed by atoms with Crippen LogP contribution in [0.3, 0.4) is 0 Å². The molecule has 0 bridgehead atoms. The lowest BCUT2D eigenvalue weighted by atomic mass is 10.0. The standard InChI is InChI=1S/C46H91NO5/c1-4-6-8-10-12-14-16-18-20-22-24-26-28-30-32-34-43-51-45(48)37-40-47(39-36-42-50-3)41-38-46(49)52-44-35-33-31-29-27-25-23-21-19-17-15-13-11-9-7-5-2/h4-44H2,1-3H3. The molecule has 310 valence electrons. The third-order valence-corrected chi connectivity index (χ3v) is 10.6. The van der Waals surface area contributed by atoms with Crippen molar-refractivity contribution in [2.24, 2.45) is 0 Å². The minimum Gasteiger partial charge on any atom is -0.466 e. The molecule has 0 spiro atoms. The molecule has 0 N–H and O–H groups in total. The number of unbranched alkanes of at least 4 members (excludes halogenated alkanes) is 30. The van der Waals surface area contributed by atoms with Crippen LogP contribution in [0.2, 0.25) is 0 Å². The Morgan fingerprint density at radius 2 is 0.615 bits per heavy atom. The van der Waals surface area contributed by atoms with Gasteiger partial charge in [-0.2, -0.15) is 0 Å². The van der Waals surface area contributed by atoms with Gasteiger partial charge < -0.3 is 19.1 Å². The van der Waals surface area contributed by atoms with E-state index in [1.807, 2.05) is 0 Å². The Balaban J connectivity index is 3.71. The fourth-order valence-corrected chi connectivity index (χ4v) is 7.08. The third-order valence-electron chi connectivity index (χ3n) is 10.6. The van der Waals surface area contributed by atoms with Crippen LogP contribution >= 0.6 is 0 Å². The molecule has 52 heavy (non-hydrogen) atoms. The van der Waals surface area contributed by atoms with E-state index in [1.165, 1.54) is 180 Å². The molecule has 0 unspecified atom stereocenters. The summed E-state index contributed by atoms with van der Waals surface area (Å²) in [6, 6.07) is 0. The first-order chi connectivity index (χ1) is 25.6. The van der Waals surface area contributed by atoms with Gasteiger partial charge in [-0.05, 0) is 19.3 Å². The Kier molecular flexibility index (Phi) is 43.3. The number of nitrogens with zero attached hydrogens (tertiary/aromatic N) is 1. The zero-order valence-electron chi connectivity index (χ0n) is 35.5. The summed E-state index contributed by atoms with van der Waals surface area (Å²) < 4.78 is 16.3. The van der Waals surface area contributed by atoms with E-state index in [0.29, 0.717) is 45.8 Å². The molecule has 0 aliphatic heterocycles. The number of rotatable bonds is 44. The van der Waals surface area contributed by atoms with Gasteiger partial charge in [-0.25, -0.2) is 0 Å². The van der Waals surface area contributed by atoms with Crippen molar-refractivity contribution in [3.05, 3.63) is 0 Å². The van der Waals surface area contributed by atoms with Crippen molar-refractivity contribution in [2.45, 2.75) is 239 Å². The van der Waals surface area contributed by atoms with E-state index in [-0.39, 0.29) is 11.9 Å². The highest BCUT2D eigenvalue weighted by Gasteiger charge is 2.12. The monoisotopic (exact) mass is 738 g/mol. The number of hydrogen-bond donors (Lipinski definition) is 0. The number of carbonyl (C=O) groups is 2. The van der Waals surface area contributed by atoms with Crippen LogP contribution in [0.25, 0.3) is 0 Å². The van der Waals surface area contributed by atoms with Gasteiger partial charge in [0.1, 0.15) is 0 Å². The zero-order chi connectivity index (χ0) is 37.8. The second-order valence-corrected chi connectivity index (χ2v) is 15.7. The molecule has 6 nitrogen and oxygen atoms in total. The van der Waals surface area contributed by atoms with Crippen molar-refractivity contribution >= 4 is 11.9 Å². The maximum atomic E-state index is 12.4. The highest BCUT2D eigenvalue weighted by molar-refractivity contribution is 5.70. The van der Waals surface area contributed by atoms with Crippen molar-refractivity contribution in [3.63, 3.8) is 0 Å². The van der Waals surface area contributed by atoms with Crippen LogP contribution in [0.15, 0.2) is 0 Å². The zero-order valence-corrected chi connectivity index (χ0v) is 35.5. The Morgan fingerprint density at radius 1 is 0.346 bits per heavy atom. The van der Waals surface area contributed by atoms with Gasteiger partial charge in [0.2, 0.25) is 0 Å². The molecular formula is C46H91NO5. The van der Waals surface area contributed by atoms with Gasteiger partial charge in [0, 0.05) is 33.4 Å². The summed E-state index contributed by atoms with van der Waals surface area (Å²) in [5.41, 5.74) is 0. The molecule has 0 radical (unpaired) electrons. The van der Waals surface area contributed by atoms with Crippen LogP contribution in [-0.2, 0) is 23.8 Å². The molecule has 0 aromatic rings. The Hall–Kier alpha value is -1.14. The quantitative estimate of drug-likeness (QED) is 0.0458. The van der Waals surface area contributed by atoms with Crippen molar-refractivity contribution < 1.29 is 23.8 Å². The minimum absolute atomic E-state index is 0.135. The lowest BCUT2D eigenvalue weighted by Crippen LogP contribution is -2.31. The van der Waals surface area contributed by atoms with Crippen molar-refractivity contribution in [1.29, 1.82) is 0 Å². The summed E-state index contributed by atoms with van der Waals surface area (Å²) in [4.78, 5) is 27.0. The smallest absolute Gasteiger partial charge is 0.307 e. The molecule has 0 saturated carbocycles. The van der Waals surface area contributed by atoms with Crippen LogP contribution in [-0.4, -0.2) is 63.4 Å². The third kappa shape index (κ3) is 41.6.